The van der Waals surface area contributed by atoms with Gasteiger partial charge in [0, 0.05) is 23.3 Å². The Labute approximate surface area is 108 Å². The van der Waals surface area contributed by atoms with Gasteiger partial charge in [0.2, 0.25) is 0 Å². The molecule has 1 aromatic carbocycles. The number of fused-ring (bicyclic) bond motifs is 1. The molecule has 0 saturated heterocycles. The molecule has 0 unspecified atom stereocenters. The summed E-state index contributed by atoms with van der Waals surface area (Å²) in [4.78, 5) is 4.69. The lowest BCUT2D eigenvalue weighted by atomic mass is 10.1. The summed E-state index contributed by atoms with van der Waals surface area (Å²) in [5.74, 6) is 0.865. The van der Waals surface area contributed by atoms with E-state index in [2.05, 4.69) is 31.3 Å². The van der Waals surface area contributed by atoms with Gasteiger partial charge in [-0.15, -0.1) is 0 Å². The monoisotopic (exact) mass is 244 g/mol. The number of hydrogen-bond donors (Lipinski definition) is 1. The van der Waals surface area contributed by atoms with Crippen molar-refractivity contribution in [3.05, 3.63) is 30.0 Å². The Morgan fingerprint density at radius 2 is 2.06 bits per heavy atom. The Hall–Kier alpha value is -1.77. The number of aromatic nitrogens is 1. The molecule has 0 atom stereocenters. The van der Waals surface area contributed by atoms with Crippen molar-refractivity contribution in [1.82, 2.24) is 4.98 Å². The molecule has 3 heteroatoms. The molecular formula is C15H20N2O. The van der Waals surface area contributed by atoms with Crippen molar-refractivity contribution in [3.8, 4) is 5.75 Å². The smallest absolute Gasteiger partial charge is 0.145 e. The van der Waals surface area contributed by atoms with E-state index >= 15 is 0 Å². The van der Waals surface area contributed by atoms with E-state index in [9.17, 15) is 0 Å². The van der Waals surface area contributed by atoms with Crippen LogP contribution in [-0.2, 0) is 6.42 Å². The van der Waals surface area contributed by atoms with E-state index in [0.29, 0.717) is 6.61 Å². The molecule has 0 spiro atoms. The lowest BCUT2D eigenvalue weighted by Crippen LogP contribution is -2.02. The molecule has 96 valence electrons. The Morgan fingerprint density at radius 1 is 1.22 bits per heavy atom. The van der Waals surface area contributed by atoms with Crippen LogP contribution in [0.1, 0.15) is 26.5 Å². The molecule has 1 heterocycles. The third-order valence-corrected chi connectivity index (χ3v) is 2.88. The lowest BCUT2D eigenvalue weighted by Gasteiger charge is -2.12. The summed E-state index contributed by atoms with van der Waals surface area (Å²) in [5.41, 5.74) is 3.18. The molecule has 2 rings (SSSR count). The second-order valence-corrected chi connectivity index (χ2v) is 4.13. The van der Waals surface area contributed by atoms with Gasteiger partial charge in [-0.1, -0.05) is 19.1 Å². The van der Waals surface area contributed by atoms with E-state index in [-0.39, 0.29) is 0 Å². The van der Waals surface area contributed by atoms with Gasteiger partial charge in [-0.3, -0.25) is 0 Å². The fraction of sp³-hybridized carbons (Fsp3) is 0.400. The number of aryl methyl sites for hydroxylation is 1. The molecule has 1 N–H and O–H groups in total. The van der Waals surface area contributed by atoms with E-state index in [1.54, 1.807) is 0 Å². The van der Waals surface area contributed by atoms with Crippen molar-refractivity contribution in [1.29, 1.82) is 0 Å². The minimum atomic E-state index is 0.660. The topological polar surface area (TPSA) is 34.2 Å². The van der Waals surface area contributed by atoms with Gasteiger partial charge in [-0.2, -0.15) is 0 Å². The first-order valence-corrected chi connectivity index (χ1v) is 6.59. The van der Waals surface area contributed by atoms with E-state index in [4.69, 9.17) is 9.72 Å². The van der Waals surface area contributed by atoms with Crippen LogP contribution in [0.3, 0.4) is 0 Å². The summed E-state index contributed by atoms with van der Waals surface area (Å²) in [5, 5.41) is 4.52. The summed E-state index contributed by atoms with van der Waals surface area (Å²) in [6.45, 7) is 7.78. The van der Waals surface area contributed by atoms with Crippen LogP contribution >= 0.6 is 0 Å². The van der Waals surface area contributed by atoms with Crippen molar-refractivity contribution < 1.29 is 4.74 Å². The summed E-state index contributed by atoms with van der Waals surface area (Å²) < 4.78 is 5.66. The maximum Gasteiger partial charge on any atom is 0.145 e. The molecule has 0 fully saturated rings. The van der Waals surface area contributed by atoms with Crippen LogP contribution in [0.5, 0.6) is 5.75 Å². The predicted octanol–water partition coefficient (Wildman–Crippen LogP) is 3.63. The largest absolute Gasteiger partial charge is 0.492 e. The van der Waals surface area contributed by atoms with E-state index < -0.39 is 0 Å². The average molecular weight is 244 g/mol. The molecule has 2 aromatic rings. The van der Waals surface area contributed by atoms with Crippen LogP contribution in [0.25, 0.3) is 10.9 Å². The normalized spacial score (nSPS) is 10.6. The van der Waals surface area contributed by atoms with Gasteiger partial charge in [-0.05, 0) is 32.4 Å². The molecule has 0 aliphatic carbocycles. The van der Waals surface area contributed by atoms with Gasteiger partial charge in [0.05, 0.1) is 6.61 Å². The second-order valence-electron chi connectivity index (χ2n) is 4.13. The van der Waals surface area contributed by atoms with Gasteiger partial charge in [0.15, 0.2) is 0 Å². The van der Waals surface area contributed by atoms with Crippen molar-refractivity contribution in [2.45, 2.75) is 27.2 Å². The molecule has 3 nitrogen and oxygen atoms in total. The zero-order valence-electron chi connectivity index (χ0n) is 11.3. The van der Waals surface area contributed by atoms with Crippen molar-refractivity contribution >= 4 is 16.6 Å². The number of benzene rings is 1. The van der Waals surface area contributed by atoms with Crippen molar-refractivity contribution in [2.24, 2.45) is 0 Å². The van der Waals surface area contributed by atoms with E-state index in [1.807, 2.05) is 19.1 Å². The van der Waals surface area contributed by atoms with Crippen LogP contribution in [0.15, 0.2) is 24.3 Å². The highest BCUT2D eigenvalue weighted by Crippen LogP contribution is 2.30. The number of para-hydroxylation sites is 1. The van der Waals surface area contributed by atoms with Crippen molar-refractivity contribution in [3.63, 3.8) is 0 Å². The van der Waals surface area contributed by atoms with Gasteiger partial charge in [-0.25, -0.2) is 4.98 Å². The maximum absolute atomic E-state index is 5.66. The highest BCUT2D eigenvalue weighted by molar-refractivity contribution is 5.95. The molecule has 0 aliphatic heterocycles. The van der Waals surface area contributed by atoms with Crippen LogP contribution < -0.4 is 10.1 Å². The number of ether oxygens (including phenoxy) is 1. The summed E-state index contributed by atoms with van der Waals surface area (Å²) in [6.07, 6.45) is 0.925. The zero-order chi connectivity index (χ0) is 13.0. The standard InChI is InChI=1S/C15H20N2O/c1-4-11-10-13(16-5-2)12-8-7-9-14(18-6-3)15(12)17-11/h7-10H,4-6H2,1-3H3,(H,16,17). The quantitative estimate of drug-likeness (QED) is 0.872. The van der Waals surface area contributed by atoms with E-state index in [1.165, 1.54) is 0 Å². The predicted molar refractivity (Wildman–Crippen MR) is 76.5 cm³/mol. The molecule has 0 aliphatic rings. The van der Waals surface area contributed by atoms with Gasteiger partial charge in [0.25, 0.3) is 0 Å². The molecule has 0 saturated carbocycles. The summed E-state index contributed by atoms with van der Waals surface area (Å²) >= 11 is 0. The second kappa shape index (κ2) is 5.71. The molecule has 0 amide bonds. The first-order valence-electron chi connectivity index (χ1n) is 6.59. The SMILES string of the molecule is CCNc1cc(CC)nc2c(OCC)cccc12. The number of nitrogens with zero attached hydrogens (tertiary/aromatic N) is 1. The van der Waals surface area contributed by atoms with Crippen LogP contribution in [0, 0.1) is 0 Å². The third-order valence-electron chi connectivity index (χ3n) is 2.88. The fourth-order valence-corrected chi connectivity index (χ4v) is 2.07. The Kier molecular flexibility index (Phi) is 4.03. The average Bonchev–Trinajstić information content (AvgIpc) is 2.40. The molecular weight excluding hydrogens is 224 g/mol. The summed E-state index contributed by atoms with van der Waals surface area (Å²) in [6, 6.07) is 8.21. The van der Waals surface area contributed by atoms with Gasteiger partial charge >= 0.3 is 0 Å². The maximum atomic E-state index is 5.66. The Bertz CT molecular complexity index is 537. The first-order chi connectivity index (χ1) is 8.80. The molecule has 0 bridgehead atoms. The Morgan fingerprint density at radius 3 is 2.72 bits per heavy atom. The number of pyridine rings is 1. The molecule has 0 radical (unpaired) electrons. The number of rotatable bonds is 5. The van der Waals surface area contributed by atoms with Crippen LogP contribution in [0.2, 0.25) is 0 Å². The highest BCUT2D eigenvalue weighted by atomic mass is 16.5. The number of anilines is 1. The minimum absolute atomic E-state index is 0.660. The van der Waals surface area contributed by atoms with E-state index in [0.717, 1.165) is 41.0 Å². The number of hydrogen-bond acceptors (Lipinski definition) is 3. The zero-order valence-corrected chi connectivity index (χ0v) is 11.3. The first kappa shape index (κ1) is 12.7. The van der Waals surface area contributed by atoms with Gasteiger partial charge < -0.3 is 10.1 Å². The molecule has 1 aromatic heterocycles. The van der Waals surface area contributed by atoms with Crippen molar-refractivity contribution in [2.75, 3.05) is 18.5 Å². The lowest BCUT2D eigenvalue weighted by molar-refractivity contribution is 0.343. The minimum Gasteiger partial charge on any atom is -0.492 e. The highest BCUT2D eigenvalue weighted by Gasteiger charge is 2.08. The number of nitrogens with one attached hydrogen (secondary N) is 1. The van der Waals surface area contributed by atoms with Crippen LogP contribution in [0.4, 0.5) is 5.69 Å². The fourth-order valence-electron chi connectivity index (χ4n) is 2.07. The molecule has 18 heavy (non-hydrogen) atoms. The Balaban J connectivity index is 2.64. The summed E-state index contributed by atoms with van der Waals surface area (Å²) in [7, 11) is 0. The third kappa shape index (κ3) is 2.40. The van der Waals surface area contributed by atoms with Crippen LogP contribution in [-0.4, -0.2) is 18.1 Å². The van der Waals surface area contributed by atoms with Gasteiger partial charge in [0.1, 0.15) is 11.3 Å².